The van der Waals surface area contributed by atoms with Crippen LogP contribution >= 0.6 is 24.0 Å². The van der Waals surface area contributed by atoms with Crippen LogP contribution in [-0.4, -0.2) is 55.2 Å². The Hall–Kier alpha value is -1.35. The van der Waals surface area contributed by atoms with Crippen LogP contribution in [0.3, 0.4) is 0 Å². The molecule has 2 N–H and O–H groups in total. The maximum absolute atomic E-state index is 11.9. The minimum atomic E-state index is -0.648. The van der Waals surface area contributed by atoms with E-state index in [0.717, 1.165) is 30.2 Å². The number of nitrogens with one attached hydrogen (secondary N) is 1. The van der Waals surface area contributed by atoms with Gasteiger partial charge >= 0.3 is 5.97 Å². The van der Waals surface area contributed by atoms with Crippen molar-refractivity contribution in [2.45, 2.75) is 26.9 Å². The van der Waals surface area contributed by atoms with Crippen molar-refractivity contribution < 1.29 is 14.6 Å². The van der Waals surface area contributed by atoms with Crippen LogP contribution in [0.25, 0.3) is 0 Å². The van der Waals surface area contributed by atoms with Gasteiger partial charge in [-0.15, -0.1) is 24.0 Å². The van der Waals surface area contributed by atoms with Gasteiger partial charge in [-0.1, -0.05) is 36.8 Å². The van der Waals surface area contributed by atoms with Crippen LogP contribution in [0.15, 0.2) is 29.3 Å². The number of aliphatic imine (C=N–C) groups is 1. The Morgan fingerprint density at radius 2 is 2.19 bits per heavy atom. The van der Waals surface area contributed by atoms with E-state index in [2.05, 4.69) is 15.2 Å². The third-order valence-electron chi connectivity index (χ3n) is 4.59. The van der Waals surface area contributed by atoms with E-state index in [0.29, 0.717) is 6.54 Å². The molecule has 0 bridgehead atoms. The Labute approximate surface area is 173 Å². The molecule has 26 heavy (non-hydrogen) atoms. The summed E-state index contributed by atoms with van der Waals surface area (Å²) in [6.45, 7) is 8.39. The summed E-state index contributed by atoms with van der Waals surface area (Å²) in [6.07, 6.45) is -0.648. The number of guanidine groups is 1. The topological polar surface area (TPSA) is 74.2 Å². The number of aryl methyl sites for hydroxylation is 1. The zero-order chi connectivity index (χ0) is 18.4. The quantitative estimate of drug-likeness (QED) is 0.296. The van der Waals surface area contributed by atoms with Gasteiger partial charge in [-0.05, 0) is 25.3 Å². The second-order valence-corrected chi connectivity index (χ2v) is 6.64. The standard InChI is InChI=1S/C19H29N3O3.HI/c1-5-20-19(22-11-14(3)16(12-22)18(24)25-4)21-10-17(23)15-8-6-7-13(2)9-15;/h6-9,14,16-17,23H,5,10-12H2,1-4H3,(H,20,21);1H. The van der Waals surface area contributed by atoms with Gasteiger partial charge in [0, 0.05) is 19.6 Å². The third-order valence-corrected chi connectivity index (χ3v) is 4.59. The highest BCUT2D eigenvalue weighted by molar-refractivity contribution is 14.0. The van der Waals surface area contributed by atoms with E-state index in [-0.39, 0.29) is 48.3 Å². The molecule has 1 aromatic rings. The predicted molar refractivity (Wildman–Crippen MR) is 114 cm³/mol. The number of methoxy groups -OCH3 is 1. The fraction of sp³-hybridized carbons (Fsp3) is 0.579. The van der Waals surface area contributed by atoms with Crippen molar-refractivity contribution in [2.75, 3.05) is 33.3 Å². The SMILES string of the molecule is CCNC(=NCC(O)c1cccc(C)c1)N1CC(C)C(C(=O)OC)C1.I. The minimum absolute atomic E-state index is 0. The normalized spacial score (nSPS) is 21.1. The summed E-state index contributed by atoms with van der Waals surface area (Å²) in [5.74, 6) is 0.617. The molecule has 6 nitrogen and oxygen atoms in total. The average Bonchev–Trinajstić information content (AvgIpc) is 2.99. The van der Waals surface area contributed by atoms with Gasteiger partial charge in [-0.2, -0.15) is 0 Å². The minimum Gasteiger partial charge on any atom is -0.469 e. The number of carbonyl (C=O) groups excluding carboxylic acids is 1. The third kappa shape index (κ3) is 5.84. The first-order valence-electron chi connectivity index (χ1n) is 8.82. The van der Waals surface area contributed by atoms with Crippen molar-refractivity contribution >= 4 is 35.9 Å². The second-order valence-electron chi connectivity index (χ2n) is 6.64. The first kappa shape index (κ1) is 22.7. The number of rotatable bonds is 5. The molecule has 1 aliphatic rings. The van der Waals surface area contributed by atoms with E-state index in [1.165, 1.54) is 7.11 Å². The molecule has 0 aliphatic carbocycles. The van der Waals surface area contributed by atoms with E-state index in [4.69, 9.17) is 4.74 Å². The van der Waals surface area contributed by atoms with Crippen molar-refractivity contribution in [3.63, 3.8) is 0 Å². The fourth-order valence-corrected chi connectivity index (χ4v) is 3.18. The molecule has 1 aliphatic heterocycles. The van der Waals surface area contributed by atoms with Crippen molar-refractivity contribution in [1.29, 1.82) is 0 Å². The molecule has 0 spiro atoms. The van der Waals surface area contributed by atoms with E-state index >= 15 is 0 Å². The van der Waals surface area contributed by atoms with E-state index in [1.807, 2.05) is 45.0 Å². The molecule has 0 radical (unpaired) electrons. The van der Waals surface area contributed by atoms with Crippen LogP contribution in [0.5, 0.6) is 0 Å². The lowest BCUT2D eigenvalue weighted by atomic mass is 9.99. The van der Waals surface area contributed by atoms with Crippen molar-refractivity contribution in [3.05, 3.63) is 35.4 Å². The van der Waals surface area contributed by atoms with Gasteiger partial charge in [0.2, 0.25) is 0 Å². The highest BCUT2D eigenvalue weighted by Gasteiger charge is 2.36. The average molecular weight is 475 g/mol. The first-order valence-corrected chi connectivity index (χ1v) is 8.82. The number of aliphatic hydroxyl groups excluding tert-OH is 1. The van der Waals surface area contributed by atoms with Gasteiger partial charge in [-0.25, -0.2) is 0 Å². The summed E-state index contributed by atoms with van der Waals surface area (Å²) < 4.78 is 4.89. The zero-order valence-electron chi connectivity index (χ0n) is 15.9. The molecule has 1 aromatic carbocycles. The highest BCUT2D eigenvalue weighted by atomic mass is 127. The van der Waals surface area contributed by atoms with Crippen LogP contribution in [-0.2, 0) is 9.53 Å². The number of aliphatic hydroxyl groups is 1. The number of ether oxygens (including phenoxy) is 1. The van der Waals surface area contributed by atoms with Crippen molar-refractivity contribution in [1.82, 2.24) is 10.2 Å². The molecule has 0 saturated carbocycles. The lowest BCUT2D eigenvalue weighted by Crippen LogP contribution is -2.41. The Bertz CT molecular complexity index is 624. The van der Waals surface area contributed by atoms with Gasteiger partial charge in [0.1, 0.15) is 0 Å². The van der Waals surface area contributed by atoms with Crippen LogP contribution in [0.2, 0.25) is 0 Å². The maximum Gasteiger partial charge on any atom is 0.310 e. The number of likely N-dealkylation sites (tertiary alicyclic amines) is 1. The fourth-order valence-electron chi connectivity index (χ4n) is 3.18. The van der Waals surface area contributed by atoms with Gasteiger partial charge in [0.25, 0.3) is 0 Å². The smallest absolute Gasteiger partial charge is 0.310 e. The Balaban J connectivity index is 0.00000338. The highest BCUT2D eigenvalue weighted by Crippen LogP contribution is 2.24. The molecular weight excluding hydrogens is 445 g/mol. The monoisotopic (exact) mass is 475 g/mol. The number of hydrogen-bond donors (Lipinski definition) is 2. The Morgan fingerprint density at radius 1 is 1.46 bits per heavy atom. The molecule has 1 saturated heterocycles. The molecule has 1 heterocycles. The van der Waals surface area contributed by atoms with Crippen LogP contribution in [0.4, 0.5) is 0 Å². The summed E-state index contributed by atoms with van der Waals surface area (Å²) in [6, 6.07) is 7.82. The van der Waals surface area contributed by atoms with Crippen molar-refractivity contribution in [3.8, 4) is 0 Å². The zero-order valence-corrected chi connectivity index (χ0v) is 18.3. The number of esters is 1. The summed E-state index contributed by atoms with van der Waals surface area (Å²) in [7, 11) is 1.43. The number of benzene rings is 1. The van der Waals surface area contributed by atoms with E-state index in [9.17, 15) is 9.90 Å². The van der Waals surface area contributed by atoms with E-state index < -0.39 is 6.10 Å². The molecular formula is C19H30IN3O3. The number of hydrogen-bond acceptors (Lipinski definition) is 4. The molecule has 7 heteroatoms. The summed E-state index contributed by atoms with van der Waals surface area (Å²) in [5.41, 5.74) is 1.98. The molecule has 1 fully saturated rings. The predicted octanol–water partition coefficient (Wildman–Crippen LogP) is 2.35. The maximum atomic E-state index is 11.9. The largest absolute Gasteiger partial charge is 0.469 e. The van der Waals surface area contributed by atoms with Crippen molar-refractivity contribution in [2.24, 2.45) is 16.8 Å². The number of halogens is 1. The summed E-state index contributed by atoms with van der Waals surface area (Å²) in [5, 5.41) is 13.7. The lowest BCUT2D eigenvalue weighted by Gasteiger charge is -2.22. The van der Waals surface area contributed by atoms with Crippen LogP contribution < -0.4 is 5.32 Å². The molecule has 0 amide bonds. The van der Waals surface area contributed by atoms with Gasteiger partial charge in [0.15, 0.2) is 5.96 Å². The Morgan fingerprint density at radius 3 is 2.81 bits per heavy atom. The van der Waals surface area contributed by atoms with Gasteiger partial charge in [0.05, 0.1) is 25.7 Å². The molecule has 0 aromatic heterocycles. The lowest BCUT2D eigenvalue weighted by molar-refractivity contribution is -0.145. The van der Waals surface area contributed by atoms with Gasteiger partial charge < -0.3 is 20.1 Å². The van der Waals surface area contributed by atoms with Crippen LogP contribution in [0, 0.1) is 18.8 Å². The van der Waals surface area contributed by atoms with Gasteiger partial charge in [-0.3, -0.25) is 9.79 Å². The van der Waals surface area contributed by atoms with Crippen LogP contribution in [0.1, 0.15) is 31.1 Å². The number of carbonyl (C=O) groups is 1. The van der Waals surface area contributed by atoms with E-state index in [1.54, 1.807) is 0 Å². The summed E-state index contributed by atoms with van der Waals surface area (Å²) in [4.78, 5) is 18.5. The number of nitrogens with zero attached hydrogens (tertiary/aromatic N) is 2. The molecule has 146 valence electrons. The second kappa shape index (κ2) is 10.7. The first-order chi connectivity index (χ1) is 12.0. The molecule has 3 atom stereocenters. The molecule has 3 unspecified atom stereocenters. The summed E-state index contributed by atoms with van der Waals surface area (Å²) >= 11 is 0. The Kier molecular flexibility index (Phi) is 9.35. The molecule has 2 rings (SSSR count).